The van der Waals surface area contributed by atoms with Crippen molar-refractivity contribution in [1.29, 1.82) is 0 Å². The molecule has 0 saturated carbocycles. The predicted octanol–water partition coefficient (Wildman–Crippen LogP) is 1.06. The summed E-state index contributed by atoms with van der Waals surface area (Å²) in [6.07, 6.45) is 5.18. The Balaban J connectivity index is 2.29. The largest absolute Gasteiger partial charge is 0.380 e. The number of aliphatic hydroxyl groups is 1. The first kappa shape index (κ1) is 11.6. The molecular weight excluding hydrogens is 218 g/mol. The number of H-pyrrole nitrogens is 1. The molecule has 2 aromatic rings. The van der Waals surface area contributed by atoms with Gasteiger partial charge in [-0.2, -0.15) is 0 Å². The van der Waals surface area contributed by atoms with Crippen LogP contribution < -0.4 is 5.56 Å². The Labute approximate surface area is 98.8 Å². The van der Waals surface area contributed by atoms with Crippen molar-refractivity contribution in [3.63, 3.8) is 0 Å². The Morgan fingerprint density at radius 1 is 1.53 bits per heavy atom. The van der Waals surface area contributed by atoms with E-state index in [4.69, 9.17) is 0 Å². The fourth-order valence-electron chi connectivity index (χ4n) is 1.74. The third-order valence-electron chi connectivity index (χ3n) is 2.58. The van der Waals surface area contributed by atoms with Gasteiger partial charge in [0, 0.05) is 36.8 Å². The molecule has 2 heterocycles. The topological polar surface area (TPSA) is 70.9 Å². The van der Waals surface area contributed by atoms with E-state index >= 15 is 0 Å². The van der Waals surface area contributed by atoms with E-state index in [0.29, 0.717) is 11.4 Å². The zero-order valence-corrected chi connectivity index (χ0v) is 9.63. The highest BCUT2D eigenvalue weighted by Gasteiger charge is 2.15. The summed E-state index contributed by atoms with van der Waals surface area (Å²) in [4.78, 5) is 17.6. The molecule has 0 fully saturated rings. The lowest BCUT2D eigenvalue weighted by Crippen LogP contribution is -2.12. The molecule has 2 N–H and O–H groups in total. The van der Waals surface area contributed by atoms with Crippen LogP contribution in [0.15, 0.2) is 35.5 Å². The van der Waals surface area contributed by atoms with Crippen molar-refractivity contribution in [3.05, 3.63) is 52.5 Å². The SMILES string of the molecule is CCCn1ccnc1C(O)c1ccc(=O)[nH]c1. The lowest BCUT2D eigenvalue weighted by Gasteiger charge is -2.12. The average Bonchev–Trinajstić information content (AvgIpc) is 2.78. The van der Waals surface area contributed by atoms with Gasteiger partial charge in [0.2, 0.25) is 5.56 Å². The molecule has 0 radical (unpaired) electrons. The van der Waals surface area contributed by atoms with Crippen LogP contribution in [0.4, 0.5) is 0 Å². The number of imidazole rings is 1. The number of rotatable bonds is 4. The van der Waals surface area contributed by atoms with Crippen LogP contribution in [0.1, 0.15) is 30.8 Å². The van der Waals surface area contributed by atoms with Crippen LogP contribution in [-0.2, 0) is 6.54 Å². The summed E-state index contributed by atoms with van der Waals surface area (Å²) in [5.74, 6) is 0.596. The molecule has 5 nitrogen and oxygen atoms in total. The monoisotopic (exact) mass is 233 g/mol. The second-order valence-corrected chi connectivity index (χ2v) is 3.87. The molecule has 1 unspecified atom stereocenters. The van der Waals surface area contributed by atoms with Gasteiger partial charge in [0.05, 0.1) is 0 Å². The van der Waals surface area contributed by atoms with E-state index in [0.717, 1.165) is 13.0 Å². The first-order chi connectivity index (χ1) is 8.22. The normalized spacial score (nSPS) is 12.6. The highest BCUT2D eigenvalue weighted by atomic mass is 16.3. The number of nitrogens with zero attached hydrogens (tertiary/aromatic N) is 2. The molecule has 0 aliphatic heterocycles. The summed E-state index contributed by atoms with van der Waals surface area (Å²) in [7, 11) is 0. The second kappa shape index (κ2) is 4.97. The first-order valence-electron chi connectivity index (χ1n) is 5.60. The van der Waals surface area contributed by atoms with E-state index < -0.39 is 6.10 Å². The predicted molar refractivity (Wildman–Crippen MR) is 63.6 cm³/mol. The molecule has 5 heteroatoms. The molecule has 0 aromatic carbocycles. The number of pyridine rings is 1. The Kier molecular flexibility index (Phi) is 3.39. The van der Waals surface area contributed by atoms with Crippen LogP contribution in [0.2, 0.25) is 0 Å². The van der Waals surface area contributed by atoms with Gasteiger partial charge in [-0.05, 0) is 12.5 Å². The maximum atomic E-state index is 10.9. The first-order valence-corrected chi connectivity index (χ1v) is 5.60. The average molecular weight is 233 g/mol. The van der Waals surface area contributed by atoms with Crippen LogP contribution in [0.5, 0.6) is 0 Å². The Hall–Kier alpha value is -1.88. The Morgan fingerprint density at radius 2 is 2.35 bits per heavy atom. The number of hydrogen-bond acceptors (Lipinski definition) is 3. The van der Waals surface area contributed by atoms with Gasteiger partial charge in [0.25, 0.3) is 0 Å². The zero-order valence-electron chi connectivity index (χ0n) is 9.63. The maximum Gasteiger partial charge on any atom is 0.247 e. The second-order valence-electron chi connectivity index (χ2n) is 3.87. The van der Waals surface area contributed by atoms with Crippen molar-refractivity contribution in [3.8, 4) is 0 Å². The minimum absolute atomic E-state index is 0.183. The number of aryl methyl sites for hydroxylation is 1. The van der Waals surface area contributed by atoms with Crippen LogP contribution in [-0.4, -0.2) is 19.6 Å². The van der Waals surface area contributed by atoms with E-state index in [1.165, 1.54) is 12.3 Å². The molecule has 17 heavy (non-hydrogen) atoms. The summed E-state index contributed by atoms with van der Waals surface area (Å²) in [6.45, 7) is 2.88. The summed E-state index contributed by atoms with van der Waals surface area (Å²) in [5.41, 5.74) is 0.450. The van der Waals surface area contributed by atoms with Crippen LogP contribution in [0.25, 0.3) is 0 Å². The molecule has 0 aliphatic carbocycles. The Bertz CT molecular complexity index is 524. The van der Waals surface area contributed by atoms with Crippen LogP contribution >= 0.6 is 0 Å². The minimum Gasteiger partial charge on any atom is -0.380 e. The fraction of sp³-hybridized carbons (Fsp3) is 0.333. The molecule has 2 aromatic heterocycles. The lowest BCUT2D eigenvalue weighted by atomic mass is 10.1. The van der Waals surface area contributed by atoms with Gasteiger partial charge in [0.15, 0.2) is 0 Å². The summed E-state index contributed by atoms with van der Waals surface area (Å²) in [6, 6.07) is 3.00. The third kappa shape index (κ3) is 2.45. The zero-order chi connectivity index (χ0) is 12.3. The van der Waals surface area contributed by atoms with E-state index in [1.54, 1.807) is 12.3 Å². The van der Waals surface area contributed by atoms with Crippen molar-refractivity contribution in [2.75, 3.05) is 0 Å². The number of aromatic nitrogens is 3. The summed E-state index contributed by atoms with van der Waals surface area (Å²) >= 11 is 0. The number of hydrogen-bond donors (Lipinski definition) is 2. The van der Waals surface area contributed by atoms with Crippen molar-refractivity contribution < 1.29 is 5.11 Å². The minimum atomic E-state index is -0.812. The van der Waals surface area contributed by atoms with Crippen molar-refractivity contribution in [2.24, 2.45) is 0 Å². The van der Waals surface area contributed by atoms with Crippen molar-refractivity contribution in [1.82, 2.24) is 14.5 Å². The molecule has 0 aliphatic rings. The standard InChI is InChI=1S/C12H15N3O2/c1-2-6-15-7-5-13-12(15)11(17)9-3-4-10(16)14-8-9/h3-5,7-8,11,17H,2,6H2,1H3,(H,14,16). The summed E-state index contributed by atoms with van der Waals surface area (Å²) < 4.78 is 1.91. The highest BCUT2D eigenvalue weighted by molar-refractivity contribution is 5.19. The third-order valence-corrected chi connectivity index (χ3v) is 2.58. The molecule has 0 spiro atoms. The van der Waals surface area contributed by atoms with E-state index in [-0.39, 0.29) is 5.56 Å². The van der Waals surface area contributed by atoms with Gasteiger partial charge in [0.1, 0.15) is 11.9 Å². The molecule has 0 amide bonds. The molecular formula is C12H15N3O2. The van der Waals surface area contributed by atoms with Gasteiger partial charge in [-0.3, -0.25) is 4.79 Å². The smallest absolute Gasteiger partial charge is 0.247 e. The number of aliphatic hydroxyl groups excluding tert-OH is 1. The van der Waals surface area contributed by atoms with Crippen molar-refractivity contribution >= 4 is 0 Å². The van der Waals surface area contributed by atoms with E-state index in [1.807, 2.05) is 10.8 Å². The van der Waals surface area contributed by atoms with Gasteiger partial charge in [-0.1, -0.05) is 6.92 Å². The van der Waals surface area contributed by atoms with Crippen LogP contribution in [0, 0.1) is 0 Å². The summed E-state index contributed by atoms with van der Waals surface area (Å²) in [5, 5.41) is 10.2. The van der Waals surface area contributed by atoms with E-state index in [9.17, 15) is 9.90 Å². The van der Waals surface area contributed by atoms with Gasteiger partial charge < -0.3 is 14.7 Å². The van der Waals surface area contributed by atoms with E-state index in [2.05, 4.69) is 16.9 Å². The number of aromatic amines is 1. The maximum absolute atomic E-state index is 10.9. The lowest BCUT2D eigenvalue weighted by molar-refractivity contribution is 0.204. The van der Waals surface area contributed by atoms with Gasteiger partial charge >= 0.3 is 0 Å². The van der Waals surface area contributed by atoms with Crippen molar-refractivity contribution in [2.45, 2.75) is 26.0 Å². The van der Waals surface area contributed by atoms with Gasteiger partial charge in [-0.25, -0.2) is 4.98 Å². The number of nitrogens with one attached hydrogen (secondary N) is 1. The van der Waals surface area contributed by atoms with Gasteiger partial charge in [-0.15, -0.1) is 0 Å². The Morgan fingerprint density at radius 3 is 3.00 bits per heavy atom. The molecule has 90 valence electrons. The molecule has 0 bridgehead atoms. The molecule has 2 rings (SSSR count). The quantitative estimate of drug-likeness (QED) is 0.829. The highest BCUT2D eigenvalue weighted by Crippen LogP contribution is 2.18. The van der Waals surface area contributed by atoms with Crippen LogP contribution in [0.3, 0.4) is 0 Å². The molecule has 0 saturated heterocycles. The molecule has 1 atom stereocenters. The fourth-order valence-corrected chi connectivity index (χ4v) is 1.74.